The summed E-state index contributed by atoms with van der Waals surface area (Å²) in [6, 6.07) is 1.28. The zero-order valence-electron chi connectivity index (χ0n) is 10.8. The summed E-state index contributed by atoms with van der Waals surface area (Å²) < 4.78 is 6.14. The topological polar surface area (TPSA) is 85.1 Å². The van der Waals surface area contributed by atoms with Gasteiger partial charge < -0.3 is 4.42 Å². The average molecular weight is 341 g/mol. The summed E-state index contributed by atoms with van der Waals surface area (Å²) in [5.74, 6) is 0.395. The predicted molar refractivity (Wildman–Crippen MR) is 77.4 cm³/mol. The Balaban J connectivity index is 2.37. The van der Waals surface area contributed by atoms with E-state index in [1.165, 1.54) is 10.6 Å². The van der Waals surface area contributed by atoms with Crippen molar-refractivity contribution in [3.8, 4) is 0 Å². The smallest absolute Gasteiger partial charge is 0.337 e. The van der Waals surface area contributed by atoms with Gasteiger partial charge in [0.05, 0.1) is 0 Å². The molecule has 0 aromatic carbocycles. The first-order valence-corrected chi connectivity index (χ1v) is 7.34. The summed E-state index contributed by atoms with van der Waals surface area (Å²) in [5, 5.41) is 0.259. The molecule has 0 spiro atoms. The molecule has 0 amide bonds. The van der Waals surface area contributed by atoms with Gasteiger partial charge in [0, 0.05) is 17.4 Å². The molecule has 0 bridgehead atoms. The molecule has 3 rings (SSSR count). The Labute approximate surface area is 121 Å². The van der Waals surface area contributed by atoms with Crippen molar-refractivity contribution >= 4 is 27.0 Å². The number of nitrogens with zero attached hydrogens (tertiary/aromatic N) is 1. The highest BCUT2D eigenvalue weighted by atomic mass is 79.9. The van der Waals surface area contributed by atoms with Crippen molar-refractivity contribution in [1.82, 2.24) is 9.55 Å². The maximum absolute atomic E-state index is 12.5. The number of hydrogen-bond acceptors (Lipinski definition) is 4. The van der Waals surface area contributed by atoms with Crippen LogP contribution in [0.5, 0.6) is 0 Å². The van der Waals surface area contributed by atoms with Gasteiger partial charge in [0.1, 0.15) is 5.39 Å². The van der Waals surface area contributed by atoms with Gasteiger partial charge in [-0.3, -0.25) is 14.3 Å². The molecule has 20 heavy (non-hydrogen) atoms. The molecule has 2 aromatic rings. The monoisotopic (exact) mass is 340 g/mol. The molecular formula is C13H13BrN2O4. The molecule has 7 heteroatoms. The van der Waals surface area contributed by atoms with Crippen LogP contribution in [0.25, 0.3) is 11.1 Å². The van der Waals surface area contributed by atoms with E-state index >= 15 is 0 Å². The van der Waals surface area contributed by atoms with Gasteiger partial charge >= 0.3 is 11.3 Å². The third-order valence-corrected chi connectivity index (χ3v) is 3.98. The summed E-state index contributed by atoms with van der Waals surface area (Å²) in [7, 11) is 0. The second-order valence-corrected chi connectivity index (χ2v) is 6.50. The molecule has 2 heterocycles. The molecule has 0 saturated heterocycles. The fourth-order valence-corrected chi connectivity index (χ4v) is 2.61. The molecule has 1 aliphatic carbocycles. The average Bonchev–Trinajstić information content (AvgIpc) is 3.16. The number of fused-ring (bicyclic) bond motifs is 1. The van der Waals surface area contributed by atoms with Crippen LogP contribution >= 0.6 is 15.9 Å². The van der Waals surface area contributed by atoms with Crippen LogP contribution in [-0.4, -0.2) is 9.55 Å². The van der Waals surface area contributed by atoms with Crippen LogP contribution in [0.3, 0.4) is 0 Å². The normalized spacial score (nSPS) is 16.5. The number of aromatic amines is 1. The van der Waals surface area contributed by atoms with Crippen LogP contribution in [0.1, 0.15) is 30.2 Å². The number of H-pyrrole nitrogens is 1. The van der Waals surface area contributed by atoms with E-state index in [4.69, 9.17) is 4.42 Å². The lowest BCUT2D eigenvalue weighted by Crippen LogP contribution is -2.36. The van der Waals surface area contributed by atoms with E-state index < -0.39 is 16.9 Å². The molecule has 1 atom stereocenters. The molecular weight excluding hydrogens is 328 g/mol. The largest absolute Gasteiger partial charge is 0.405 e. The highest BCUT2D eigenvalue weighted by Crippen LogP contribution is 2.30. The van der Waals surface area contributed by atoms with Gasteiger partial charge in [0.2, 0.25) is 5.71 Å². The zero-order valence-corrected chi connectivity index (χ0v) is 12.4. The number of rotatable bonds is 3. The highest BCUT2D eigenvalue weighted by molar-refractivity contribution is 9.09. The van der Waals surface area contributed by atoms with Crippen molar-refractivity contribution < 1.29 is 4.42 Å². The lowest BCUT2D eigenvalue weighted by molar-refractivity contribution is 0.528. The van der Waals surface area contributed by atoms with Crippen LogP contribution < -0.4 is 16.9 Å². The van der Waals surface area contributed by atoms with Gasteiger partial charge in [-0.2, -0.15) is 0 Å². The van der Waals surface area contributed by atoms with Crippen LogP contribution in [0, 0.1) is 5.92 Å². The molecule has 0 radical (unpaired) electrons. The molecule has 1 N–H and O–H groups in total. The highest BCUT2D eigenvalue weighted by Gasteiger charge is 2.25. The molecule has 2 aromatic heterocycles. The molecule has 1 aliphatic rings. The fourth-order valence-electron chi connectivity index (χ4n) is 2.25. The van der Waals surface area contributed by atoms with Gasteiger partial charge in [0.25, 0.3) is 5.56 Å². The number of nitrogens with one attached hydrogen (secondary N) is 1. The van der Waals surface area contributed by atoms with E-state index in [1.54, 1.807) is 0 Å². The quantitative estimate of drug-likeness (QED) is 0.858. The number of alkyl halides is 1. The van der Waals surface area contributed by atoms with Crippen molar-refractivity contribution in [2.45, 2.75) is 31.1 Å². The Morgan fingerprint density at radius 2 is 2.15 bits per heavy atom. The zero-order chi connectivity index (χ0) is 14.4. The molecule has 0 aliphatic heterocycles. The Bertz CT molecular complexity index is 842. The number of halogens is 1. The maximum atomic E-state index is 12.5. The van der Waals surface area contributed by atoms with Gasteiger partial charge in [-0.1, -0.05) is 15.9 Å². The van der Waals surface area contributed by atoms with Crippen LogP contribution in [0.2, 0.25) is 0 Å². The van der Waals surface area contributed by atoms with Crippen LogP contribution in [0.4, 0.5) is 0 Å². The van der Waals surface area contributed by atoms with E-state index in [-0.39, 0.29) is 15.9 Å². The molecule has 0 unspecified atom stereocenters. The lowest BCUT2D eigenvalue weighted by atomic mass is 10.1. The third kappa shape index (κ3) is 2.26. The Morgan fingerprint density at radius 1 is 1.45 bits per heavy atom. The van der Waals surface area contributed by atoms with E-state index in [0.717, 1.165) is 12.8 Å². The van der Waals surface area contributed by atoms with E-state index in [9.17, 15) is 14.4 Å². The van der Waals surface area contributed by atoms with Crippen molar-refractivity contribution in [3.05, 3.63) is 42.9 Å². The van der Waals surface area contributed by atoms with Crippen molar-refractivity contribution in [2.75, 3.05) is 0 Å². The Hall–Kier alpha value is -1.63. The van der Waals surface area contributed by atoms with Crippen molar-refractivity contribution in [3.63, 3.8) is 0 Å². The van der Waals surface area contributed by atoms with E-state index in [0.29, 0.717) is 18.0 Å². The first-order chi connectivity index (χ1) is 9.47. The minimum atomic E-state index is -0.589. The second kappa shape index (κ2) is 4.73. The van der Waals surface area contributed by atoms with Gasteiger partial charge in [0.15, 0.2) is 0 Å². The summed E-state index contributed by atoms with van der Waals surface area (Å²) >= 11 is 3.36. The first kappa shape index (κ1) is 13.4. The predicted octanol–water partition coefficient (Wildman–Crippen LogP) is 1.51. The van der Waals surface area contributed by atoms with Crippen LogP contribution in [0.15, 0.2) is 24.9 Å². The van der Waals surface area contributed by atoms with Crippen molar-refractivity contribution in [2.24, 2.45) is 5.92 Å². The third-order valence-electron chi connectivity index (χ3n) is 3.48. The summed E-state index contributed by atoms with van der Waals surface area (Å²) in [6.07, 6.45) is 2.07. The SMILES string of the molecule is C[C@H](Br)c1cc(=O)oc2[nH]c(=O)n(CC3CC3)c(=O)c12. The molecule has 1 fully saturated rings. The van der Waals surface area contributed by atoms with Gasteiger partial charge in [-0.15, -0.1) is 0 Å². The number of hydrogen-bond donors (Lipinski definition) is 1. The minimum absolute atomic E-state index is 0.0548. The van der Waals surface area contributed by atoms with Crippen LogP contribution in [-0.2, 0) is 6.54 Å². The summed E-state index contributed by atoms with van der Waals surface area (Å²) in [4.78, 5) is 38.2. The number of aromatic nitrogens is 2. The maximum Gasteiger partial charge on any atom is 0.337 e. The first-order valence-electron chi connectivity index (χ1n) is 6.42. The van der Waals surface area contributed by atoms with Crippen molar-refractivity contribution in [1.29, 1.82) is 0 Å². The lowest BCUT2D eigenvalue weighted by Gasteiger charge is -2.09. The summed E-state index contributed by atoms with van der Waals surface area (Å²) in [6.45, 7) is 2.23. The van der Waals surface area contributed by atoms with Gasteiger partial charge in [-0.25, -0.2) is 9.59 Å². The van der Waals surface area contributed by atoms with E-state index in [1.807, 2.05) is 6.92 Å². The summed E-state index contributed by atoms with van der Waals surface area (Å²) in [5.41, 5.74) is -1.05. The second-order valence-electron chi connectivity index (χ2n) is 5.13. The fraction of sp³-hybridized carbons (Fsp3) is 0.462. The minimum Gasteiger partial charge on any atom is -0.405 e. The molecule has 106 valence electrons. The Kier molecular flexibility index (Phi) is 3.16. The standard InChI is InChI=1S/C13H13BrN2O4/c1-6(14)8-4-9(17)20-11-10(8)12(18)16(13(19)15-11)5-7-2-3-7/h4,6-7H,2-3,5H2,1H3,(H,15,19)/t6-/m0/s1. The molecule has 1 saturated carbocycles. The molecule has 6 nitrogen and oxygen atoms in total. The van der Waals surface area contributed by atoms with Gasteiger partial charge in [-0.05, 0) is 31.2 Å². The van der Waals surface area contributed by atoms with E-state index in [2.05, 4.69) is 20.9 Å². The Morgan fingerprint density at radius 3 is 2.75 bits per heavy atom.